The molecule has 0 spiro atoms. The van der Waals surface area contributed by atoms with Crippen LogP contribution in [0.4, 0.5) is 0 Å². The predicted octanol–water partition coefficient (Wildman–Crippen LogP) is 0.392. The van der Waals surface area contributed by atoms with Gasteiger partial charge in [0.15, 0.2) is 0 Å². The number of ether oxygens (including phenoxy) is 1. The Morgan fingerprint density at radius 2 is 2.19 bits per heavy atom. The van der Waals surface area contributed by atoms with E-state index in [1.165, 1.54) is 0 Å². The minimum Gasteiger partial charge on any atom is -0.481 e. The zero-order valence-electron chi connectivity index (χ0n) is 9.36. The molecule has 2 rings (SSSR count). The van der Waals surface area contributed by atoms with Crippen molar-refractivity contribution in [2.24, 2.45) is 11.3 Å². The van der Waals surface area contributed by atoms with E-state index in [-0.39, 0.29) is 24.5 Å². The number of carboxylic acid groups (broad SMARTS) is 1. The van der Waals surface area contributed by atoms with Crippen LogP contribution < -0.4 is 5.32 Å². The van der Waals surface area contributed by atoms with Crippen LogP contribution in [0.1, 0.15) is 26.2 Å². The summed E-state index contributed by atoms with van der Waals surface area (Å²) in [4.78, 5) is 22.6. The number of nitrogens with one attached hydrogen (secondary N) is 1. The fourth-order valence-electron chi connectivity index (χ4n) is 2.02. The topological polar surface area (TPSA) is 75.6 Å². The van der Waals surface area contributed by atoms with E-state index in [1.807, 2.05) is 6.92 Å². The summed E-state index contributed by atoms with van der Waals surface area (Å²) >= 11 is 0. The molecule has 1 heterocycles. The van der Waals surface area contributed by atoms with Gasteiger partial charge in [0.05, 0.1) is 24.0 Å². The summed E-state index contributed by atoms with van der Waals surface area (Å²) in [7, 11) is 0. The summed E-state index contributed by atoms with van der Waals surface area (Å²) in [6.45, 7) is 2.64. The van der Waals surface area contributed by atoms with Gasteiger partial charge >= 0.3 is 5.97 Å². The van der Waals surface area contributed by atoms with Crippen LogP contribution in [0.25, 0.3) is 0 Å². The Bertz CT molecular complexity index is 311. The number of amides is 1. The molecule has 0 aromatic rings. The smallest absolute Gasteiger partial charge is 0.311 e. The zero-order valence-corrected chi connectivity index (χ0v) is 9.36. The van der Waals surface area contributed by atoms with Crippen LogP contribution in [0, 0.1) is 11.3 Å². The van der Waals surface area contributed by atoms with Gasteiger partial charge in [0, 0.05) is 6.54 Å². The van der Waals surface area contributed by atoms with E-state index >= 15 is 0 Å². The van der Waals surface area contributed by atoms with Crippen molar-refractivity contribution in [3.63, 3.8) is 0 Å². The van der Waals surface area contributed by atoms with Crippen LogP contribution in [0.5, 0.6) is 0 Å². The van der Waals surface area contributed by atoms with Crippen molar-refractivity contribution < 1.29 is 19.4 Å². The molecular weight excluding hydrogens is 210 g/mol. The van der Waals surface area contributed by atoms with Gasteiger partial charge in [-0.1, -0.05) is 0 Å². The predicted molar refractivity (Wildman–Crippen MR) is 55.8 cm³/mol. The highest BCUT2D eigenvalue weighted by Crippen LogP contribution is 2.45. The summed E-state index contributed by atoms with van der Waals surface area (Å²) in [6, 6.07) is 0. The standard InChI is InChI=1S/C11H17NO4/c1-7-4-8(5-16-7)9(13)12-6-11(2-3-11)10(14)15/h7-8H,2-6H2,1H3,(H,12,13)(H,14,15). The van der Waals surface area contributed by atoms with Gasteiger partial charge in [-0.25, -0.2) is 0 Å². The van der Waals surface area contributed by atoms with Crippen molar-refractivity contribution >= 4 is 11.9 Å². The molecule has 5 nitrogen and oxygen atoms in total. The lowest BCUT2D eigenvalue weighted by molar-refractivity contribution is -0.143. The molecule has 2 N–H and O–H groups in total. The molecular formula is C11H17NO4. The molecule has 1 saturated heterocycles. The third-order valence-corrected chi connectivity index (χ3v) is 3.48. The molecule has 0 aromatic heterocycles. The molecule has 2 unspecified atom stereocenters. The largest absolute Gasteiger partial charge is 0.481 e. The summed E-state index contributed by atoms with van der Waals surface area (Å²) < 4.78 is 5.30. The van der Waals surface area contributed by atoms with Gasteiger partial charge in [-0.05, 0) is 26.2 Å². The van der Waals surface area contributed by atoms with E-state index < -0.39 is 11.4 Å². The first kappa shape index (κ1) is 11.4. The first-order chi connectivity index (χ1) is 7.53. The van der Waals surface area contributed by atoms with Crippen molar-refractivity contribution in [2.45, 2.75) is 32.3 Å². The Balaban J connectivity index is 1.78. The van der Waals surface area contributed by atoms with Crippen molar-refractivity contribution in [1.29, 1.82) is 0 Å². The van der Waals surface area contributed by atoms with E-state index in [4.69, 9.17) is 9.84 Å². The van der Waals surface area contributed by atoms with Crippen LogP contribution in [0.2, 0.25) is 0 Å². The third kappa shape index (κ3) is 2.19. The van der Waals surface area contributed by atoms with Crippen LogP contribution in [-0.2, 0) is 14.3 Å². The Morgan fingerprint density at radius 3 is 2.62 bits per heavy atom. The Labute approximate surface area is 94.2 Å². The van der Waals surface area contributed by atoms with Gasteiger partial charge in [0.1, 0.15) is 0 Å². The number of hydrogen-bond acceptors (Lipinski definition) is 3. The number of carbonyl (C=O) groups excluding carboxylic acids is 1. The maximum absolute atomic E-state index is 11.7. The minimum atomic E-state index is -0.802. The summed E-state index contributed by atoms with van der Waals surface area (Å²) in [5, 5.41) is 11.7. The number of carboxylic acids is 1. The fourth-order valence-corrected chi connectivity index (χ4v) is 2.02. The normalized spacial score (nSPS) is 31.1. The lowest BCUT2D eigenvalue weighted by atomic mass is 10.0. The molecule has 1 saturated carbocycles. The second kappa shape index (κ2) is 4.05. The quantitative estimate of drug-likeness (QED) is 0.728. The molecule has 1 amide bonds. The average molecular weight is 227 g/mol. The van der Waals surface area contributed by atoms with Gasteiger partial charge in [-0.15, -0.1) is 0 Å². The van der Waals surface area contributed by atoms with Crippen molar-refractivity contribution in [1.82, 2.24) is 5.32 Å². The molecule has 0 radical (unpaired) electrons. The van der Waals surface area contributed by atoms with E-state index in [0.717, 1.165) is 6.42 Å². The van der Waals surface area contributed by atoms with E-state index in [0.29, 0.717) is 19.4 Å². The number of aliphatic carboxylic acids is 1. The SMILES string of the molecule is CC1CC(C(=O)NCC2(C(=O)O)CC2)CO1. The maximum atomic E-state index is 11.7. The molecule has 2 fully saturated rings. The summed E-state index contributed by atoms with van der Waals surface area (Å²) in [5.74, 6) is -0.986. The Morgan fingerprint density at radius 1 is 1.50 bits per heavy atom. The van der Waals surface area contributed by atoms with Crippen LogP contribution >= 0.6 is 0 Å². The highest BCUT2D eigenvalue weighted by Gasteiger charge is 2.50. The van der Waals surface area contributed by atoms with Gasteiger partial charge in [-0.2, -0.15) is 0 Å². The van der Waals surface area contributed by atoms with Crippen LogP contribution in [-0.4, -0.2) is 36.2 Å². The highest BCUT2D eigenvalue weighted by atomic mass is 16.5. The molecule has 16 heavy (non-hydrogen) atoms. The lowest BCUT2D eigenvalue weighted by Crippen LogP contribution is -2.38. The number of rotatable bonds is 4. The maximum Gasteiger partial charge on any atom is 0.311 e. The molecule has 5 heteroatoms. The van der Waals surface area contributed by atoms with Crippen molar-refractivity contribution in [3.8, 4) is 0 Å². The third-order valence-electron chi connectivity index (χ3n) is 3.48. The first-order valence-electron chi connectivity index (χ1n) is 5.66. The van der Waals surface area contributed by atoms with Crippen molar-refractivity contribution in [3.05, 3.63) is 0 Å². The molecule has 2 aliphatic rings. The average Bonchev–Trinajstić information content (AvgIpc) is 2.92. The van der Waals surface area contributed by atoms with Gasteiger partial charge in [0.25, 0.3) is 0 Å². The molecule has 0 bridgehead atoms. The molecule has 1 aliphatic carbocycles. The Hall–Kier alpha value is -1.10. The second-order valence-electron chi connectivity index (χ2n) is 4.88. The van der Waals surface area contributed by atoms with Crippen LogP contribution in [0.15, 0.2) is 0 Å². The molecule has 90 valence electrons. The highest BCUT2D eigenvalue weighted by molar-refractivity contribution is 5.82. The van der Waals surface area contributed by atoms with E-state index in [9.17, 15) is 9.59 Å². The molecule has 1 aliphatic heterocycles. The zero-order chi connectivity index (χ0) is 11.8. The van der Waals surface area contributed by atoms with Crippen LogP contribution in [0.3, 0.4) is 0 Å². The fraction of sp³-hybridized carbons (Fsp3) is 0.818. The second-order valence-corrected chi connectivity index (χ2v) is 4.88. The monoisotopic (exact) mass is 227 g/mol. The minimum absolute atomic E-state index is 0.0723. The number of carbonyl (C=O) groups is 2. The van der Waals surface area contributed by atoms with E-state index in [1.54, 1.807) is 0 Å². The van der Waals surface area contributed by atoms with Gasteiger partial charge in [-0.3, -0.25) is 9.59 Å². The van der Waals surface area contributed by atoms with Crippen molar-refractivity contribution in [2.75, 3.05) is 13.2 Å². The Kier molecular flexibility index (Phi) is 2.88. The summed E-state index contributed by atoms with van der Waals surface area (Å²) in [6.07, 6.45) is 2.19. The van der Waals surface area contributed by atoms with E-state index in [2.05, 4.69) is 5.32 Å². The van der Waals surface area contributed by atoms with Gasteiger partial charge < -0.3 is 15.2 Å². The number of hydrogen-bond donors (Lipinski definition) is 2. The lowest BCUT2D eigenvalue weighted by Gasteiger charge is -2.13. The molecule has 0 aromatic carbocycles. The summed E-state index contributed by atoms with van der Waals surface area (Å²) in [5.41, 5.74) is -0.680. The first-order valence-corrected chi connectivity index (χ1v) is 5.66. The van der Waals surface area contributed by atoms with Gasteiger partial charge in [0.2, 0.25) is 5.91 Å². The molecule has 2 atom stereocenters.